The van der Waals surface area contributed by atoms with Crippen molar-refractivity contribution in [2.75, 3.05) is 24.4 Å². The van der Waals surface area contributed by atoms with Crippen molar-refractivity contribution in [1.82, 2.24) is 10.2 Å². The number of nitrogens with zero attached hydrogens (tertiary/aromatic N) is 2. The number of amides is 1. The van der Waals surface area contributed by atoms with Gasteiger partial charge in [-0.1, -0.05) is 54.6 Å². The Morgan fingerprint density at radius 3 is 2.24 bits per heavy atom. The van der Waals surface area contributed by atoms with Gasteiger partial charge >= 0.3 is 0 Å². The van der Waals surface area contributed by atoms with Gasteiger partial charge in [0.2, 0.25) is 0 Å². The zero-order chi connectivity index (χ0) is 23.3. The molecular formula is C26H29N3O3S. The fraction of sp³-hybridized carbons (Fsp3) is 0.269. The number of likely N-dealkylation sites (tertiary alicyclic amines) is 1. The molecule has 6 nitrogen and oxygen atoms in total. The predicted molar refractivity (Wildman–Crippen MR) is 131 cm³/mol. The van der Waals surface area contributed by atoms with E-state index in [0.717, 1.165) is 32.5 Å². The highest BCUT2D eigenvalue weighted by Crippen LogP contribution is 2.22. The molecule has 1 heterocycles. The van der Waals surface area contributed by atoms with E-state index in [2.05, 4.69) is 22.3 Å². The molecule has 1 aliphatic rings. The van der Waals surface area contributed by atoms with Crippen LogP contribution in [0.25, 0.3) is 0 Å². The predicted octanol–water partition coefficient (Wildman–Crippen LogP) is 3.91. The summed E-state index contributed by atoms with van der Waals surface area (Å²) in [7, 11) is -2.26. The van der Waals surface area contributed by atoms with Gasteiger partial charge in [0.05, 0.1) is 10.6 Å². The van der Waals surface area contributed by atoms with E-state index in [-0.39, 0.29) is 16.8 Å². The molecule has 172 valence electrons. The largest absolute Gasteiger partial charge is 0.349 e. The highest BCUT2D eigenvalue weighted by Gasteiger charge is 2.24. The first kappa shape index (κ1) is 23.0. The number of hydrogen-bond acceptors (Lipinski definition) is 4. The van der Waals surface area contributed by atoms with E-state index in [0.29, 0.717) is 11.3 Å². The molecule has 1 fully saturated rings. The van der Waals surface area contributed by atoms with Crippen molar-refractivity contribution < 1.29 is 13.2 Å². The van der Waals surface area contributed by atoms with Crippen LogP contribution in [0.15, 0.2) is 89.8 Å². The lowest BCUT2D eigenvalue weighted by atomic mass is 10.0. The summed E-state index contributed by atoms with van der Waals surface area (Å²) in [6.07, 6.45) is 1.74. The quantitative estimate of drug-likeness (QED) is 0.577. The molecule has 7 heteroatoms. The van der Waals surface area contributed by atoms with Crippen LogP contribution >= 0.6 is 0 Å². The molecule has 1 amide bonds. The SMILES string of the molecule is CN(c1ccccc1)S(=O)(=O)c1cccc(C(=O)NC2CCN(Cc3ccccc3)CC2)c1. The summed E-state index contributed by atoms with van der Waals surface area (Å²) in [5, 5.41) is 3.09. The van der Waals surface area contributed by atoms with Crippen LogP contribution in [0.5, 0.6) is 0 Å². The van der Waals surface area contributed by atoms with Crippen molar-refractivity contribution in [3.63, 3.8) is 0 Å². The van der Waals surface area contributed by atoms with Gasteiger partial charge < -0.3 is 5.32 Å². The Bertz CT molecular complexity index is 1180. The number of hydrogen-bond donors (Lipinski definition) is 1. The number of piperidine rings is 1. The van der Waals surface area contributed by atoms with Crippen molar-refractivity contribution in [3.8, 4) is 0 Å². The van der Waals surface area contributed by atoms with Crippen molar-refractivity contribution in [1.29, 1.82) is 0 Å². The second-order valence-electron chi connectivity index (χ2n) is 8.35. The topological polar surface area (TPSA) is 69.7 Å². The summed E-state index contributed by atoms with van der Waals surface area (Å²) >= 11 is 0. The van der Waals surface area contributed by atoms with Gasteiger partial charge in [0.1, 0.15) is 0 Å². The minimum atomic E-state index is -3.77. The second-order valence-corrected chi connectivity index (χ2v) is 10.3. The summed E-state index contributed by atoms with van der Waals surface area (Å²) in [6.45, 7) is 2.74. The lowest BCUT2D eigenvalue weighted by Crippen LogP contribution is -2.44. The Labute approximate surface area is 195 Å². The number of benzene rings is 3. The van der Waals surface area contributed by atoms with E-state index < -0.39 is 10.0 Å². The maximum Gasteiger partial charge on any atom is 0.264 e. The standard InChI is InChI=1S/C26H29N3O3S/c1-28(24-12-6-3-7-13-24)33(31,32)25-14-8-11-22(19-25)26(30)27-23-15-17-29(18-16-23)20-21-9-4-2-5-10-21/h2-14,19,23H,15-18,20H2,1H3,(H,27,30). The molecule has 0 aliphatic carbocycles. The summed E-state index contributed by atoms with van der Waals surface area (Å²) in [5.41, 5.74) is 2.21. The number of nitrogens with one attached hydrogen (secondary N) is 1. The normalized spacial score (nSPS) is 15.2. The molecule has 1 saturated heterocycles. The number of anilines is 1. The first-order chi connectivity index (χ1) is 15.9. The van der Waals surface area contributed by atoms with Crippen LogP contribution in [0.1, 0.15) is 28.8 Å². The highest BCUT2D eigenvalue weighted by atomic mass is 32.2. The van der Waals surface area contributed by atoms with E-state index in [1.54, 1.807) is 36.4 Å². The van der Waals surface area contributed by atoms with E-state index in [4.69, 9.17) is 0 Å². The van der Waals surface area contributed by atoms with Gasteiger partial charge in [-0.2, -0.15) is 0 Å². The summed E-state index contributed by atoms with van der Waals surface area (Å²) in [5.74, 6) is -0.240. The average Bonchev–Trinajstić information content (AvgIpc) is 2.86. The summed E-state index contributed by atoms with van der Waals surface area (Å²) in [4.78, 5) is 15.4. The van der Waals surface area contributed by atoms with Crippen LogP contribution in [0.4, 0.5) is 5.69 Å². The van der Waals surface area contributed by atoms with Crippen molar-refractivity contribution in [2.45, 2.75) is 30.3 Å². The van der Waals surface area contributed by atoms with Gasteiger partial charge in [0.25, 0.3) is 15.9 Å². The van der Waals surface area contributed by atoms with Gasteiger partial charge in [-0.05, 0) is 48.7 Å². The number of carbonyl (C=O) groups excluding carboxylic acids is 1. The zero-order valence-corrected chi connectivity index (χ0v) is 19.5. The Morgan fingerprint density at radius 2 is 1.58 bits per heavy atom. The first-order valence-corrected chi connectivity index (χ1v) is 12.6. The third-order valence-corrected chi connectivity index (χ3v) is 7.83. The Hall–Kier alpha value is -3.16. The van der Waals surface area contributed by atoms with Crippen LogP contribution < -0.4 is 9.62 Å². The van der Waals surface area contributed by atoms with Gasteiger partial charge in [-0.15, -0.1) is 0 Å². The summed E-state index contributed by atoms with van der Waals surface area (Å²) in [6, 6.07) is 25.6. The Balaban J connectivity index is 1.37. The van der Waals surface area contributed by atoms with Crippen LogP contribution in [0.2, 0.25) is 0 Å². The van der Waals surface area contributed by atoms with Crippen LogP contribution in [0, 0.1) is 0 Å². The number of rotatable bonds is 7. The number of carbonyl (C=O) groups is 1. The molecule has 1 aliphatic heterocycles. The lowest BCUT2D eigenvalue weighted by Gasteiger charge is -2.32. The van der Waals surface area contributed by atoms with Crippen molar-refractivity contribution in [2.24, 2.45) is 0 Å². The van der Waals surface area contributed by atoms with E-state index in [1.165, 1.54) is 29.0 Å². The van der Waals surface area contributed by atoms with Crippen LogP contribution in [0.3, 0.4) is 0 Å². The van der Waals surface area contributed by atoms with Crippen LogP contribution in [-0.4, -0.2) is 45.4 Å². The first-order valence-electron chi connectivity index (χ1n) is 11.1. The monoisotopic (exact) mass is 463 g/mol. The smallest absolute Gasteiger partial charge is 0.264 e. The average molecular weight is 464 g/mol. The molecule has 3 aromatic rings. The second kappa shape index (κ2) is 10.2. The molecule has 0 bridgehead atoms. The lowest BCUT2D eigenvalue weighted by molar-refractivity contribution is 0.0908. The van der Waals surface area contributed by atoms with E-state index in [1.807, 2.05) is 24.3 Å². The van der Waals surface area contributed by atoms with Crippen molar-refractivity contribution in [3.05, 3.63) is 96.1 Å². The molecule has 3 aromatic carbocycles. The number of sulfonamides is 1. The fourth-order valence-corrected chi connectivity index (χ4v) is 5.32. The van der Waals surface area contributed by atoms with E-state index >= 15 is 0 Å². The minimum Gasteiger partial charge on any atom is -0.349 e. The maximum atomic E-state index is 13.1. The van der Waals surface area contributed by atoms with Gasteiger partial charge in [0.15, 0.2) is 0 Å². The van der Waals surface area contributed by atoms with E-state index in [9.17, 15) is 13.2 Å². The molecule has 0 atom stereocenters. The third kappa shape index (κ3) is 5.61. The Morgan fingerprint density at radius 1 is 0.939 bits per heavy atom. The summed E-state index contributed by atoms with van der Waals surface area (Å²) < 4.78 is 27.4. The van der Waals surface area contributed by atoms with Gasteiger partial charge in [0, 0.05) is 38.3 Å². The third-order valence-electron chi connectivity index (χ3n) is 6.05. The minimum absolute atomic E-state index is 0.0804. The molecular weight excluding hydrogens is 434 g/mol. The molecule has 0 aromatic heterocycles. The fourth-order valence-electron chi connectivity index (χ4n) is 4.08. The zero-order valence-electron chi connectivity index (χ0n) is 18.7. The van der Waals surface area contributed by atoms with Gasteiger partial charge in [-0.3, -0.25) is 14.0 Å². The Kier molecular flexibility index (Phi) is 7.11. The molecule has 1 N–H and O–H groups in total. The highest BCUT2D eigenvalue weighted by molar-refractivity contribution is 7.92. The molecule has 0 radical (unpaired) electrons. The molecule has 4 rings (SSSR count). The van der Waals surface area contributed by atoms with Crippen LogP contribution in [-0.2, 0) is 16.6 Å². The number of para-hydroxylation sites is 1. The molecule has 0 saturated carbocycles. The van der Waals surface area contributed by atoms with Gasteiger partial charge in [-0.25, -0.2) is 8.42 Å². The van der Waals surface area contributed by atoms with Crippen molar-refractivity contribution >= 4 is 21.6 Å². The maximum absolute atomic E-state index is 13.1. The molecule has 0 spiro atoms. The molecule has 33 heavy (non-hydrogen) atoms. The molecule has 0 unspecified atom stereocenters.